The van der Waals surface area contributed by atoms with E-state index in [2.05, 4.69) is 29.7 Å². The number of piperidine rings is 1. The zero-order valence-corrected chi connectivity index (χ0v) is 16.5. The minimum atomic E-state index is 0.236. The van der Waals surface area contributed by atoms with Crippen LogP contribution < -0.4 is 9.47 Å². The van der Waals surface area contributed by atoms with Gasteiger partial charge in [0.05, 0.1) is 20.8 Å². The summed E-state index contributed by atoms with van der Waals surface area (Å²) in [6.07, 6.45) is 3.39. The van der Waals surface area contributed by atoms with Gasteiger partial charge in [-0.05, 0) is 43.7 Å². The Labute approximate surface area is 157 Å². The third kappa shape index (κ3) is 4.14. The van der Waals surface area contributed by atoms with Gasteiger partial charge in [-0.2, -0.15) is 0 Å². The average Bonchev–Trinajstić information content (AvgIpc) is 3.08. The smallest absolute Gasteiger partial charge is 0.236 e. The average molecular weight is 360 g/mol. The molecule has 3 atom stereocenters. The highest BCUT2D eigenvalue weighted by molar-refractivity contribution is 5.78. The first-order valence-corrected chi connectivity index (χ1v) is 9.75. The Hall–Kier alpha value is -1.75. The van der Waals surface area contributed by atoms with Gasteiger partial charge in [0.2, 0.25) is 5.91 Å². The van der Waals surface area contributed by atoms with Crippen molar-refractivity contribution in [3.05, 3.63) is 23.8 Å². The van der Waals surface area contributed by atoms with Crippen molar-refractivity contribution in [1.29, 1.82) is 0 Å². The van der Waals surface area contributed by atoms with E-state index in [1.165, 1.54) is 6.42 Å². The van der Waals surface area contributed by atoms with Crippen LogP contribution >= 0.6 is 0 Å². The molecule has 5 nitrogen and oxygen atoms in total. The van der Waals surface area contributed by atoms with E-state index < -0.39 is 0 Å². The van der Waals surface area contributed by atoms with Gasteiger partial charge < -0.3 is 14.4 Å². The van der Waals surface area contributed by atoms with Gasteiger partial charge in [-0.25, -0.2) is 0 Å². The topological polar surface area (TPSA) is 42.0 Å². The number of rotatable bonds is 5. The summed E-state index contributed by atoms with van der Waals surface area (Å²) in [6, 6.07) is 6.22. The second kappa shape index (κ2) is 8.30. The molecule has 1 aromatic rings. The fourth-order valence-electron chi connectivity index (χ4n) is 4.60. The third-order valence-electron chi connectivity index (χ3n) is 5.72. The monoisotopic (exact) mass is 360 g/mol. The number of hydrogen-bond donors (Lipinski definition) is 0. The van der Waals surface area contributed by atoms with Crippen LogP contribution in [0.15, 0.2) is 18.2 Å². The Morgan fingerprint density at radius 3 is 2.54 bits per heavy atom. The number of hydrogen-bond acceptors (Lipinski definition) is 4. The molecular weight excluding hydrogens is 328 g/mol. The summed E-state index contributed by atoms with van der Waals surface area (Å²) in [4.78, 5) is 17.3. The maximum atomic E-state index is 12.9. The highest BCUT2D eigenvalue weighted by Gasteiger charge is 2.32. The highest BCUT2D eigenvalue weighted by Crippen LogP contribution is 2.38. The summed E-state index contributed by atoms with van der Waals surface area (Å²) in [6.45, 7) is 7.75. The Bertz CT molecular complexity index is 624. The molecule has 144 valence electrons. The van der Waals surface area contributed by atoms with Crippen LogP contribution in [0.2, 0.25) is 0 Å². The van der Waals surface area contributed by atoms with Crippen molar-refractivity contribution in [2.75, 3.05) is 40.4 Å². The molecule has 2 fully saturated rings. The minimum absolute atomic E-state index is 0.236. The molecule has 26 heavy (non-hydrogen) atoms. The molecule has 0 saturated carbocycles. The van der Waals surface area contributed by atoms with Crippen molar-refractivity contribution in [2.45, 2.75) is 39.2 Å². The first kappa shape index (κ1) is 19.0. The lowest BCUT2D eigenvalue weighted by molar-refractivity contribution is -0.135. The molecule has 0 aromatic heterocycles. The summed E-state index contributed by atoms with van der Waals surface area (Å²) in [5.41, 5.74) is 1.15. The van der Waals surface area contributed by atoms with Crippen molar-refractivity contribution >= 4 is 5.91 Å². The van der Waals surface area contributed by atoms with E-state index in [4.69, 9.17) is 9.47 Å². The van der Waals surface area contributed by atoms with Gasteiger partial charge in [-0.1, -0.05) is 19.9 Å². The van der Waals surface area contributed by atoms with Crippen molar-refractivity contribution in [3.8, 4) is 11.5 Å². The normalized spacial score (nSPS) is 26.8. The Morgan fingerprint density at radius 2 is 1.88 bits per heavy atom. The van der Waals surface area contributed by atoms with Gasteiger partial charge in [0.15, 0.2) is 0 Å². The first-order valence-electron chi connectivity index (χ1n) is 9.75. The third-order valence-corrected chi connectivity index (χ3v) is 5.72. The van der Waals surface area contributed by atoms with Crippen LogP contribution in [0.25, 0.3) is 0 Å². The van der Waals surface area contributed by atoms with E-state index in [0.717, 1.165) is 49.5 Å². The predicted molar refractivity (Wildman–Crippen MR) is 103 cm³/mol. The Morgan fingerprint density at radius 1 is 1.15 bits per heavy atom. The van der Waals surface area contributed by atoms with Gasteiger partial charge in [-0.15, -0.1) is 0 Å². The molecule has 5 heteroatoms. The van der Waals surface area contributed by atoms with Crippen molar-refractivity contribution < 1.29 is 14.3 Å². The second-order valence-electron chi connectivity index (χ2n) is 7.98. The SMILES string of the molecule is COc1ccc(C2CCCN2CC(=O)N2CC(C)CC(C)C2)c(OC)c1. The van der Waals surface area contributed by atoms with Gasteiger partial charge in [0.25, 0.3) is 0 Å². The Kier molecular flexibility index (Phi) is 6.07. The largest absolute Gasteiger partial charge is 0.497 e. The molecule has 0 N–H and O–H groups in total. The molecule has 2 heterocycles. The molecule has 1 amide bonds. The van der Waals surface area contributed by atoms with Gasteiger partial charge in [0.1, 0.15) is 11.5 Å². The first-order chi connectivity index (χ1) is 12.5. The molecule has 0 bridgehead atoms. The van der Waals surface area contributed by atoms with Crippen LogP contribution in [-0.4, -0.2) is 56.1 Å². The zero-order valence-electron chi connectivity index (χ0n) is 16.5. The summed E-state index contributed by atoms with van der Waals surface area (Å²) >= 11 is 0. The number of carbonyl (C=O) groups excluding carboxylic acids is 1. The van der Waals surface area contributed by atoms with E-state index in [1.54, 1.807) is 14.2 Å². The summed E-state index contributed by atoms with van der Waals surface area (Å²) in [5, 5.41) is 0. The molecule has 3 rings (SSSR count). The summed E-state index contributed by atoms with van der Waals surface area (Å²) in [5.74, 6) is 3.09. The minimum Gasteiger partial charge on any atom is -0.497 e. The van der Waals surface area contributed by atoms with Gasteiger partial charge in [-0.3, -0.25) is 9.69 Å². The summed E-state index contributed by atoms with van der Waals surface area (Å²) in [7, 11) is 3.36. The van der Waals surface area contributed by atoms with Crippen molar-refractivity contribution in [3.63, 3.8) is 0 Å². The van der Waals surface area contributed by atoms with Gasteiger partial charge >= 0.3 is 0 Å². The molecule has 1 aromatic carbocycles. The molecule has 3 unspecified atom stereocenters. The maximum Gasteiger partial charge on any atom is 0.236 e. The molecule has 2 saturated heterocycles. The molecule has 0 aliphatic carbocycles. The molecule has 0 radical (unpaired) electrons. The summed E-state index contributed by atoms with van der Waals surface area (Å²) < 4.78 is 10.9. The molecule has 2 aliphatic heterocycles. The lowest BCUT2D eigenvalue weighted by Crippen LogP contribution is -2.46. The van der Waals surface area contributed by atoms with Crippen molar-refractivity contribution in [1.82, 2.24) is 9.80 Å². The van der Waals surface area contributed by atoms with E-state index >= 15 is 0 Å². The van der Waals surface area contributed by atoms with E-state index in [-0.39, 0.29) is 11.9 Å². The fourth-order valence-corrected chi connectivity index (χ4v) is 4.60. The van der Waals surface area contributed by atoms with Crippen molar-refractivity contribution in [2.24, 2.45) is 11.8 Å². The number of ether oxygens (including phenoxy) is 2. The van der Waals surface area contributed by atoms with Crippen LogP contribution in [-0.2, 0) is 4.79 Å². The number of amides is 1. The van der Waals surface area contributed by atoms with Crippen LogP contribution in [0.4, 0.5) is 0 Å². The highest BCUT2D eigenvalue weighted by atomic mass is 16.5. The maximum absolute atomic E-state index is 12.9. The van der Waals surface area contributed by atoms with E-state index in [1.807, 2.05) is 12.1 Å². The van der Waals surface area contributed by atoms with Gasteiger partial charge in [0, 0.05) is 30.8 Å². The lowest BCUT2D eigenvalue weighted by atomic mass is 9.92. The van der Waals surface area contributed by atoms with Crippen LogP contribution in [0.5, 0.6) is 11.5 Å². The van der Waals surface area contributed by atoms with E-state index in [9.17, 15) is 4.79 Å². The zero-order chi connectivity index (χ0) is 18.7. The predicted octanol–water partition coefficient (Wildman–Crippen LogP) is 3.35. The standard InChI is InChI=1S/C21H32N2O3/c1-15-10-16(2)13-23(12-15)21(24)14-22-9-5-6-19(22)18-8-7-17(25-3)11-20(18)26-4/h7-8,11,15-16,19H,5-6,9-10,12-14H2,1-4H3. The number of methoxy groups -OCH3 is 2. The second-order valence-corrected chi connectivity index (χ2v) is 7.98. The molecule has 2 aliphatic rings. The quantitative estimate of drug-likeness (QED) is 0.808. The van der Waals surface area contributed by atoms with Crippen LogP contribution in [0.3, 0.4) is 0 Å². The number of benzene rings is 1. The lowest BCUT2D eigenvalue weighted by Gasteiger charge is -2.36. The van der Waals surface area contributed by atoms with Crippen LogP contribution in [0.1, 0.15) is 44.7 Å². The molecular formula is C21H32N2O3. The number of carbonyl (C=O) groups is 1. The Balaban J connectivity index is 1.71. The number of likely N-dealkylation sites (tertiary alicyclic amines) is 2. The molecule has 0 spiro atoms. The number of nitrogens with zero attached hydrogens (tertiary/aromatic N) is 2. The van der Waals surface area contributed by atoms with Crippen LogP contribution in [0, 0.1) is 11.8 Å². The van der Waals surface area contributed by atoms with E-state index in [0.29, 0.717) is 18.4 Å². The fraction of sp³-hybridized carbons (Fsp3) is 0.667.